The highest BCUT2D eigenvalue weighted by Crippen LogP contribution is 2.33. The van der Waals surface area contributed by atoms with E-state index in [0.29, 0.717) is 11.7 Å². The lowest BCUT2D eigenvalue weighted by atomic mass is 9.78. The van der Waals surface area contributed by atoms with Gasteiger partial charge in [0.05, 0.1) is 12.4 Å². The smallest absolute Gasteiger partial charge is 0.225 e. The Labute approximate surface area is 172 Å². The van der Waals surface area contributed by atoms with Crippen molar-refractivity contribution in [1.82, 2.24) is 9.97 Å². The van der Waals surface area contributed by atoms with Crippen LogP contribution in [0.15, 0.2) is 60.9 Å². The van der Waals surface area contributed by atoms with E-state index >= 15 is 0 Å². The van der Waals surface area contributed by atoms with Crippen LogP contribution in [0.3, 0.4) is 0 Å². The second kappa shape index (κ2) is 7.16. The summed E-state index contributed by atoms with van der Waals surface area (Å²) < 4.78 is 5.93. The van der Waals surface area contributed by atoms with E-state index in [9.17, 15) is 0 Å². The highest BCUT2D eigenvalue weighted by atomic mass is 16.5. The summed E-state index contributed by atoms with van der Waals surface area (Å²) in [4.78, 5) is 10.9. The largest absolute Gasteiger partial charge is 0.454 e. The molecule has 1 saturated heterocycles. The number of hydrogen-bond donors (Lipinski definition) is 1. The summed E-state index contributed by atoms with van der Waals surface area (Å²) in [5.41, 5.74) is 9.62. The Morgan fingerprint density at radius 2 is 1.41 bits per heavy atom. The zero-order valence-corrected chi connectivity index (χ0v) is 17.5. The molecular formula is C24H28N4O. The highest BCUT2D eigenvalue weighted by molar-refractivity contribution is 5.42. The van der Waals surface area contributed by atoms with Crippen LogP contribution in [0.25, 0.3) is 0 Å². The molecule has 0 aliphatic carbocycles. The third-order valence-electron chi connectivity index (χ3n) is 5.59. The molecule has 1 aliphatic heterocycles. The average molecular weight is 389 g/mol. The Balaban J connectivity index is 1.43. The number of ether oxygens (including phenoxy) is 1. The van der Waals surface area contributed by atoms with Crippen LogP contribution < -0.4 is 15.4 Å². The minimum Gasteiger partial charge on any atom is -0.454 e. The second-order valence-electron chi connectivity index (χ2n) is 8.85. The Morgan fingerprint density at radius 1 is 0.897 bits per heavy atom. The molecule has 150 valence electrons. The summed E-state index contributed by atoms with van der Waals surface area (Å²) in [5.74, 6) is 2.08. The van der Waals surface area contributed by atoms with Crippen molar-refractivity contribution in [2.75, 3.05) is 18.0 Å². The summed E-state index contributed by atoms with van der Waals surface area (Å²) >= 11 is 0. The van der Waals surface area contributed by atoms with Crippen LogP contribution in [0, 0.1) is 6.92 Å². The number of rotatable bonds is 5. The molecule has 0 radical (unpaired) electrons. The minimum atomic E-state index is -0.146. The summed E-state index contributed by atoms with van der Waals surface area (Å²) in [6, 6.07) is 16.9. The van der Waals surface area contributed by atoms with E-state index in [-0.39, 0.29) is 11.0 Å². The Kier molecular flexibility index (Phi) is 4.79. The van der Waals surface area contributed by atoms with E-state index in [1.165, 1.54) is 16.7 Å². The average Bonchev–Trinajstić information content (AvgIpc) is 2.67. The van der Waals surface area contributed by atoms with E-state index in [0.717, 1.165) is 18.8 Å². The highest BCUT2D eigenvalue weighted by Gasteiger charge is 2.36. The fourth-order valence-corrected chi connectivity index (χ4v) is 3.71. The lowest BCUT2D eigenvalue weighted by Crippen LogP contribution is -2.66. The van der Waals surface area contributed by atoms with Gasteiger partial charge < -0.3 is 15.4 Å². The molecule has 29 heavy (non-hydrogen) atoms. The van der Waals surface area contributed by atoms with Gasteiger partial charge in [-0.3, -0.25) is 0 Å². The molecule has 2 heterocycles. The van der Waals surface area contributed by atoms with Gasteiger partial charge in [-0.15, -0.1) is 0 Å². The van der Waals surface area contributed by atoms with Crippen molar-refractivity contribution in [3.05, 3.63) is 77.6 Å². The molecule has 0 atom stereocenters. The SMILES string of the molecule is Cc1ccc(C(C)(C)c2ccc(Oc3cnc(N4CC(C)(N)C4)nc3)cc2)cc1. The molecule has 2 aromatic carbocycles. The molecule has 1 aliphatic rings. The third-order valence-corrected chi connectivity index (χ3v) is 5.59. The van der Waals surface area contributed by atoms with Gasteiger partial charge in [0.2, 0.25) is 5.95 Å². The third kappa shape index (κ3) is 4.10. The van der Waals surface area contributed by atoms with Crippen LogP contribution in [0.1, 0.15) is 37.5 Å². The van der Waals surface area contributed by atoms with Crippen LogP contribution in [-0.2, 0) is 5.41 Å². The summed E-state index contributed by atoms with van der Waals surface area (Å²) in [5, 5.41) is 0. The van der Waals surface area contributed by atoms with Gasteiger partial charge in [0.25, 0.3) is 0 Å². The normalized spacial score (nSPS) is 15.7. The lowest BCUT2D eigenvalue weighted by Gasteiger charge is -2.45. The molecule has 4 rings (SSSR count). The number of benzene rings is 2. The topological polar surface area (TPSA) is 64.3 Å². The van der Waals surface area contributed by atoms with Gasteiger partial charge in [0, 0.05) is 24.0 Å². The van der Waals surface area contributed by atoms with Crippen molar-refractivity contribution in [2.24, 2.45) is 5.73 Å². The van der Waals surface area contributed by atoms with Crippen molar-refractivity contribution < 1.29 is 4.74 Å². The molecule has 1 aromatic heterocycles. The van der Waals surface area contributed by atoms with Gasteiger partial charge in [-0.1, -0.05) is 55.8 Å². The van der Waals surface area contributed by atoms with E-state index in [4.69, 9.17) is 10.5 Å². The molecule has 1 fully saturated rings. The van der Waals surface area contributed by atoms with Crippen LogP contribution in [-0.4, -0.2) is 28.6 Å². The summed E-state index contributed by atoms with van der Waals surface area (Å²) in [6.45, 7) is 10.2. The van der Waals surface area contributed by atoms with Crippen LogP contribution >= 0.6 is 0 Å². The van der Waals surface area contributed by atoms with Crippen LogP contribution in [0.2, 0.25) is 0 Å². The lowest BCUT2D eigenvalue weighted by molar-refractivity contribution is 0.359. The van der Waals surface area contributed by atoms with Gasteiger partial charge >= 0.3 is 0 Å². The first-order valence-electron chi connectivity index (χ1n) is 9.94. The predicted molar refractivity (Wildman–Crippen MR) is 117 cm³/mol. The van der Waals surface area contributed by atoms with Crippen molar-refractivity contribution in [2.45, 2.75) is 38.6 Å². The first-order valence-corrected chi connectivity index (χ1v) is 9.94. The number of nitrogens with zero attached hydrogens (tertiary/aromatic N) is 3. The maximum Gasteiger partial charge on any atom is 0.225 e. The number of aryl methyl sites for hydroxylation is 1. The summed E-state index contributed by atoms with van der Waals surface area (Å²) in [6.07, 6.45) is 3.41. The molecule has 2 N–H and O–H groups in total. The molecule has 0 spiro atoms. The monoisotopic (exact) mass is 388 g/mol. The maximum absolute atomic E-state index is 6.05. The molecule has 0 bridgehead atoms. The zero-order chi connectivity index (χ0) is 20.6. The van der Waals surface area contributed by atoms with E-state index in [1.807, 2.05) is 19.1 Å². The Hall–Kier alpha value is -2.92. The zero-order valence-electron chi connectivity index (χ0n) is 17.5. The first kappa shape index (κ1) is 19.4. The number of nitrogens with two attached hydrogens (primary N) is 1. The van der Waals surface area contributed by atoms with Gasteiger partial charge in [-0.25, -0.2) is 9.97 Å². The van der Waals surface area contributed by atoms with Crippen molar-refractivity contribution in [3.8, 4) is 11.5 Å². The van der Waals surface area contributed by atoms with E-state index < -0.39 is 0 Å². The van der Waals surface area contributed by atoms with Gasteiger partial charge in [-0.2, -0.15) is 0 Å². The van der Waals surface area contributed by atoms with Crippen LogP contribution in [0.4, 0.5) is 5.95 Å². The molecular weight excluding hydrogens is 360 g/mol. The first-order chi connectivity index (χ1) is 13.7. The molecule has 5 heteroatoms. The number of anilines is 1. The minimum absolute atomic E-state index is 0.0777. The van der Waals surface area contributed by atoms with Gasteiger partial charge in [0.15, 0.2) is 5.75 Å². The molecule has 5 nitrogen and oxygen atoms in total. The quantitative estimate of drug-likeness (QED) is 0.700. The fourth-order valence-electron chi connectivity index (χ4n) is 3.71. The Bertz CT molecular complexity index is 969. The van der Waals surface area contributed by atoms with Crippen LogP contribution in [0.5, 0.6) is 11.5 Å². The Morgan fingerprint density at radius 3 is 1.93 bits per heavy atom. The van der Waals surface area contributed by atoms with Gasteiger partial charge in [-0.05, 0) is 37.1 Å². The van der Waals surface area contributed by atoms with Crippen molar-refractivity contribution >= 4 is 5.95 Å². The van der Waals surface area contributed by atoms with Gasteiger partial charge in [0.1, 0.15) is 5.75 Å². The fraction of sp³-hybridized carbons (Fsp3) is 0.333. The molecule has 0 saturated carbocycles. The maximum atomic E-state index is 6.05. The van der Waals surface area contributed by atoms with Crippen molar-refractivity contribution in [1.29, 1.82) is 0 Å². The standard InChI is InChI=1S/C24H28N4O/c1-17-5-7-18(8-6-17)23(2,3)19-9-11-20(12-10-19)29-21-13-26-22(27-14-21)28-15-24(4,25)16-28/h5-14H,15-16,25H2,1-4H3. The van der Waals surface area contributed by atoms with E-state index in [2.05, 4.69) is 72.0 Å². The van der Waals surface area contributed by atoms with E-state index in [1.54, 1.807) is 12.4 Å². The number of hydrogen-bond acceptors (Lipinski definition) is 5. The molecule has 0 unspecified atom stereocenters. The predicted octanol–water partition coefficient (Wildman–Crippen LogP) is 4.44. The second-order valence-corrected chi connectivity index (χ2v) is 8.85. The summed E-state index contributed by atoms with van der Waals surface area (Å²) in [7, 11) is 0. The van der Waals surface area contributed by atoms with Crippen molar-refractivity contribution in [3.63, 3.8) is 0 Å². The molecule has 3 aromatic rings. The number of aromatic nitrogens is 2. The molecule has 0 amide bonds.